The third kappa shape index (κ3) is 1.99. The Balaban J connectivity index is 2.05. The van der Waals surface area contributed by atoms with E-state index in [1.54, 1.807) is 22.7 Å². The molecule has 0 aliphatic heterocycles. The lowest BCUT2D eigenvalue weighted by atomic mass is 9.98. The molecule has 0 aliphatic rings. The zero-order chi connectivity index (χ0) is 12.7. The Labute approximate surface area is 115 Å². The van der Waals surface area contributed by atoms with Crippen LogP contribution in [0.15, 0.2) is 35.7 Å². The van der Waals surface area contributed by atoms with Crippen molar-refractivity contribution in [2.75, 3.05) is 0 Å². The van der Waals surface area contributed by atoms with E-state index < -0.39 is 0 Å². The molecule has 0 spiro atoms. The van der Waals surface area contributed by atoms with Gasteiger partial charge in [-0.15, -0.1) is 22.7 Å². The van der Waals surface area contributed by atoms with Crippen LogP contribution in [-0.4, -0.2) is 0 Å². The largest absolute Gasteiger partial charge is 0.320 e. The topological polar surface area (TPSA) is 26.0 Å². The quantitative estimate of drug-likeness (QED) is 0.724. The number of hydrogen-bond acceptors (Lipinski definition) is 3. The standard InChI is InChI=1S/C15H15NS2/c1-9-3-4-10(2)11(7-9)15(16)14-8-13-12(18-14)5-6-17-13/h3-8,15H,16H2,1-2H3. The summed E-state index contributed by atoms with van der Waals surface area (Å²) in [5.74, 6) is 0. The van der Waals surface area contributed by atoms with E-state index in [0.717, 1.165) is 0 Å². The van der Waals surface area contributed by atoms with Gasteiger partial charge in [0.1, 0.15) is 0 Å². The van der Waals surface area contributed by atoms with Crippen LogP contribution in [0.5, 0.6) is 0 Å². The Morgan fingerprint density at radius 1 is 1.06 bits per heavy atom. The van der Waals surface area contributed by atoms with Crippen LogP contribution < -0.4 is 5.73 Å². The Morgan fingerprint density at radius 3 is 2.67 bits per heavy atom. The molecule has 3 rings (SSSR count). The third-order valence-electron chi connectivity index (χ3n) is 3.23. The maximum absolute atomic E-state index is 6.42. The highest BCUT2D eigenvalue weighted by Gasteiger charge is 2.15. The third-order valence-corrected chi connectivity index (χ3v) is 5.41. The predicted octanol–water partition coefficient (Wildman–Crippen LogP) is 4.63. The van der Waals surface area contributed by atoms with Crippen molar-refractivity contribution in [1.82, 2.24) is 0 Å². The van der Waals surface area contributed by atoms with Crippen LogP contribution in [0.3, 0.4) is 0 Å². The molecule has 1 nitrogen and oxygen atoms in total. The molecule has 0 fully saturated rings. The molecule has 18 heavy (non-hydrogen) atoms. The van der Waals surface area contributed by atoms with E-state index in [1.807, 2.05) is 0 Å². The Kier molecular flexibility index (Phi) is 2.98. The number of nitrogens with two attached hydrogens (primary N) is 1. The average Bonchev–Trinajstić information content (AvgIpc) is 2.91. The monoisotopic (exact) mass is 273 g/mol. The Hall–Kier alpha value is -1.16. The fraction of sp³-hybridized carbons (Fsp3) is 0.200. The Morgan fingerprint density at radius 2 is 1.89 bits per heavy atom. The van der Waals surface area contributed by atoms with E-state index in [2.05, 4.69) is 49.6 Å². The van der Waals surface area contributed by atoms with Gasteiger partial charge in [-0.3, -0.25) is 0 Å². The first-order chi connectivity index (χ1) is 8.65. The van der Waals surface area contributed by atoms with Gasteiger partial charge in [0.25, 0.3) is 0 Å². The second kappa shape index (κ2) is 4.50. The van der Waals surface area contributed by atoms with Gasteiger partial charge in [-0.25, -0.2) is 0 Å². The minimum Gasteiger partial charge on any atom is -0.320 e. The number of thiophene rings is 2. The molecule has 2 aromatic heterocycles. The van der Waals surface area contributed by atoms with Crippen molar-refractivity contribution in [2.45, 2.75) is 19.9 Å². The molecule has 3 aromatic rings. The molecular weight excluding hydrogens is 258 g/mol. The lowest BCUT2D eigenvalue weighted by Crippen LogP contribution is -2.11. The molecule has 3 heteroatoms. The molecular formula is C15H15NS2. The summed E-state index contributed by atoms with van der Waals surface area (Å²) in [6.07, 6.45) is 0. The summed E-state index contributed by atoms with van der Waals surface area (Å²) in [6.45, 7) is 4.24. The van der Waals surface area contributed by atoms with Crippen LogP contribution in [0.4, 0.5) is 0 Å². The maximum atomic E-state index is 6.42. The number of fused-ring (bicyclic) bond motifs is 1. The van der Waals surface area contributed by atoms with Crippen molar-refractivity contribution in [1.29, 1.82) is 0 Å². The number of hydrogen-bond donors (Lipinski definition) is 1. The molecule has 2 heterocycles. The van der Waals surface area contributed by atoms with Crippen molar-refractivity contribution in [3.05, 3.63) is 57.3 Å². The minimum absolute atomic E-state index is 0.00509. The zero-order valence-corrected chi connectivity index (χ0v) is 12.1. The highest BCUT2D eigenvalue weighted by molar-refractivity contribution is 7.27. The maximum Gasteiger partial charge on any atom is 0.0649 e. The first-order valence-electron chi connectivity index (χ1n) is 5.95. The van der Waals surface area contributed by atoms with Gasteiger partial charge < -0.3 is 5.73 Å². The van der Waals surface area contributed by atoms with Gasteiger partial charge in [0.05, 0.1) is 6.04 Å². The second-order valence-corrected chi connectivity index (χ2v) is 6.70. The van der Waals surface area contributed by atoms with Gasteiger partial charge >= 0.3 is 0 Å². The van der Waals surface area contributed by atoms with Gasteiger partial charge in [0.2, 0.25) is 0 Å². The van der Waals surface area contributed by atoms with Crippen LogP contribution >= 0.6 is 22.7 Å². The van der Waals surface area contributed by atoms with Crippen molar-refractivity contribution in [2.24, 2.45) is 5.73 Å². The molecule has 1 aromatic carbocycles. The summed E-state index contributed by atoms with van der Waals surface area (Å²) in [5, 5.41) is 2.13. The summed E-state index contributed by atoms with van der Waals surface area (Å²) in [4.78, 5) is 1.26. The fourth-order valence-corrected chi connectivity index (χ4v) is 4.33. The molecule has 0 bridgehead atoms. The van der Waals surface area contributed by atoms with Crippen molar-refractivity contribution < 1.29 is 0 Å². The number of aryl methyl sites for hydroxylation is 2. The van der Waals surface area contributed by atoms with Crippen LogP contribution in [0, 0.1) is 13.8 Å². The summed E-state index contributed by atoms with van der Waals surface area (Å²) in [7, 11) is 0. The predicted molar refractivity (Wildman–Crippen MR) is 81.6 cm³/mol. The average molecular weight is 273 g/mol. The van der Waals surface area contributed by atoms with Gasteiger partial charge in [-0.05, 0) is 42.5 Å². The van der Waals surface area contributed by atoms with E-state index in [9.17, 15) is 0 Å². The fourth-order valence-electron chi connectivity index (χ4n) is 2.19. The van der Waals surface area contributed by atoms with Gasteiger partial charge in [0, 0.05) is 14.3 Å². The van der Waals surface area contributed by atoms with E-state index >= 15 is 0 Å². The molecule has 0 saturated heterocycles. The second-order valence-electron chi connectivity index (χ2n) is 4.64. The van der Waals surface area contributed by atoms with Crippen LogP contribution in [0.1, 0.15) is 27.6 Å². The van der Waals surface area contributed by atoms with E-state index in [-0.39, 0.29) is 6.04 Å². The minimum atomic E-state index is -0.00509. The number of rotatable bonds is 2. The van der Waals surface area contributed by atoms with Crippen molar-refractivity contribution in [3.8, 4) is 0 Å². The summed E-state index contributed by atoms with van der Waals surface area (Å²) in [5.41, 5.74) is 10.2. The van der Waals surface area contributed by atoms with Crippen molar-refractivity contribution in [3.63, 3.8) is 0 Å². The molecule has 92 valence electrons. The molecule has 2 N–H and O–H groups in total. The molecule has 0 radical (unpaired) electrons. The highest BCUT2D eigenvalue weighted by atomic mass is 32.1. The first-order valence-corrected chi connectivity index (χ1v) is 7.64. The van der Waals surface area contributed by atoms with E-state index in [1.165, 1.54) is 31.0 Å². The lowest BCUT2D eigenvalue weighted by molar-refractivity contribution is 0.881. The van der Waals surface area contributed by atoms with Gasteiger partial charge in [-0.2, -0.15) is 0 Å². The molecule has 0 aliphatic carbocycles. The lowest BCUT2D eigenvalue weighted by Gasteiger charge is -2.14. The van der Waals surface area contributed by atoms with Crippen LogP contribution in [0.25, 0.3) is 9.40 Å². The smallest absolute Gasteiger partial charge is 0.0649 e. The van der Waals surface area contributed by atoms with E-state index in [0.29, 0.717) is 0 Å². The normalized spacial score (nSPS) is 13.1. The summed E-state index contributed by atoms with van der Waals surface area (Å²) >= 11 is 3.59. The zero-order valence-electron chi connectivity index (χ0n) is 10.4. The SMILES string of the molecule is Cc1ccc(C)c(C(N)c2cc3sccc3s2)c1. The summed E-state index contributed by atoms with van der Waals surface area (Å²) < 4.78 is 2.69. The van der Waals surface area contributed by atoms with Gasteiger partial charge in [-0.1, -0.05) is 23.8 Å². The highest BCUT2D eigenvalue weighted by Crippen LogP contribution is 2.35. The number of benzene rings is 1. The molecule has 0 amide bonds. The van der Waals surface area contributed by atoms with E-state index in [4.69, 9.17) is 5.73 Å². The van der Waals surface area contributed by atoms with Crippen molar-refractivity contribution >= 4 is 32.1 Å². The van der Waals surface area contributed by atoms with Gasteiger partial charge in [0.15, 0.2) is 0 Å². The first kappa shape index (κ1) is 11.9. The molecule has 1 atom stereocenters. The van der Waals surface area contributed by atoms with Crippen LogP contribution in [0.2, 0.25) is 0 Å². The molecule has 0 saturated carbocycles. The van der Waals surface area contributed by atoms with Crippen LogP contribution in [-0.2, 0) is 0 Å². The Bertz CT molecular complexity index is 665. The molecule has 1 unspecified atom stereocenters. The summed E-state index contributed by atoms with van der Waals surface area (Å²) in [6, 6.07) is 10.9.